The van der Waals surface area contributed by atoms with Crippen molar-refractivity contribution in [3.63, 3.8) is 0 Å². The average molecular weight is 184 g/mol. The lowest BCUT2D eigenvalue weighted by molar-refractivity contribution is 0.574. The third-order valence-electron chi connectivity index (χ3n) is 1.54. The monoisotopic (exact) mass is 184 g/mol. The van der Waals surface area contributed by atoms with Gasteiger partial charge in [-0.1, -0.05) is 0 Å². The second-order valence-electron chi connectivity index (χ2n) is 3.41. The van der Waals surface area contributed by atoms with Gasteiger partial charge in [-0.05, 0) is 27.7 Å². The first-order valence-electron chi connectivity index (χ1n) is 4.30. The van der Waals surface area contributed by atoms with Crippen LogP contribution in [0.4, 0.5) is 0 Å². The number of hydrogen-bond acceptors (Lipinski definition) is 2. The Bertz CT molecular complexity index is 293. The second kappa shape index (κ2) is 3.90. The Labute approximate surface area is 77.6 Å². The summed E-state index contributed by atoms with van der Waals surface area (Å²) >= 11 is 1.70. The van der Waals surface area contributed by atoms with E-state index in [0.29, 0.717) is 12.1 Å². The highest BCUT2D eigenvalue weighted by molar-refractivity contribution is 7.07. The lowest BCUT2D eigenvalue weighted by Gasteiger charge is -2.06. The third-order valence-corrected chi connectivity index (χ3v) is 2.33. The van der Waals surface area contributed by atoms with E-state index in [2.05, 4.69) is 48.8 Å². The SMILES string of the molecule is CC(C)/N=c1/sccn1C(C)C. The van der Waals surface area contributed by atoms with E-state index >= 15 is 0 Å². The Hall–Kier alpha value is -0.570. The smallest absolute Gasteiger partial charge is 0.185 e. The van der Waals surface area contributed by atoms with E-state index in [-0.39, 0.29) is 0 Å². The van der Waals surface area contributed by atoms with Gasteiger partial charge >= 0.3 is 0 Å². The topological polar surface area (TPSA) is 17.3 Å². The summed E-state index contributed by atoms with van der Waals surface area (Å²) in [4.78, 5) is 5.65. The van der Waals surface area contributed by atoms with Gasteiger partial charge in [0, 0.05) is 23.7 Å². The molecule has 0 bridgehead atoms. The Morgan fingerprint density at radius 3 is 2.50 bits per heavy atom. The molecule has 1 heterocycles. The Morgan fingerprint density at radius 2 is 2.00 bits per heavy atom. The van der Waals surface area contributed by atoms with Crippen molar-refractivity contribution in [1.29, 1.82) is 0 Å². The summed E-state index contributed by atoms with van der Waals surface area (Å²) in [5, 5.41) is 2.08. The van der Waals surface area contributed by atoms with Crippen LogP contribution >= 0.6 is 11.3 Å². The molecule has 0 saturated carbocycles. The van der Waals surface area contributed by atoms with Crippen LogP contribution in [0.2, 0.25) is 0 Å². The maximum atomic E-state index is 4.52. The molecule has 0 spiro atoms. The molecular formula is C9H16N2S. The standard InChI is InChI=1S/C9H16N2S/c1-7(2)10-9-11(8(3)4)5-6-12-9/h5-8H,1-4H3/b10-9+. The molecule has 0 N–H and O–H groups in total. The minimum atomic E-state index is 0.383. The van der Waals surface area contributed by atoms with Gasteiger partial charge in [0.2, 0.25) is 0 Å². The first kappa shape index (κ1) is 9.52. The molecule has 0 aliphatic heterocycles. The van der Waals surface area contributed by atoms with Crippen LogP contribution in [-0.4, -0.2) is 10.6 Å². The van der Waals surface area contributed by atoms with Crippen LogP contribution in [0, 0.1) is 0 Å². The van der Waals surface area contributed by atoms with Crippen molar-refractivity contribution in [2.45, 2.75) is 39.8 Å². The fraction of sp³-hybridized carbons (Fsp3) is 0.667. The van der Waals surface area contributed by atoms with Gasteiger partial charge in [0.05, 0.1) is 0 Å². The minimum absolute atomic E-state index is 0.383. The van der Waals surface area contributed by atoms with E-state index in [1.54, 1.807) is 11.3 Å². The van der Waals surface area contributed by atoms with Gasteiger partial charge in [0.15, 0.2) is 4.80 Å². The molecule has 1 aromatic rings. The highest BCUT2D eigenvalue weighted by atomic mass is 32.1. The summed E-state index contributed by atoms with van der Waals surface area (Å²) in [6.07, 6.45) is 2.09. The molecule has 0 aliphatic rings. The summed E-state index contributed by atoms with van der Waals surface area (Å²) in [6.45, 7) is 8.55. The first-order valence-corrected chi connectivity index (χ1v) is 5.18. The molecule has 0 saturated heterocycles. The van der Waals surface area contributed by atoms with Gasteiger partial charge < -0.3 is 4.57 Å². The third kappa shape index (κ3) is 2.21. The van der Waals surface area contributed by atoms with E-state index in [1.165, 1.54) is 0 Å². The Kier molecular flexibility index (Phi) is 3.09. The van der Waals surface area contributed by atoms with Gasteiger partial charge in [0.1, 0.15) is 0 Å². The Balaban J connectivity index is 3.07. The molecular weight excluding hydrogens is 168 g/mol. The van der Waals surface area contributed by atoms with E-state index in [9.17, 15) is 0 Å². The molecule has 0 aliphatic carbocycles. The van der Waals surface area contributed by atoms with Crippen LogP contribution in [0.3, 0.4) is 0 Å². The Morgan fingerprint density at radius 1 is 1.33 bits per heavy atom. The predicted molar refractivity (Wildman–Crippen MR) is 53.4 cm³/mol. The number of thiazole rings is 1. The van der Waals surface area contributed by atoms with Crippen molar-refractivity contribution in [2.75, 3.05) is 0 Å². The van der Waals surface area contributed by atoms with Crippen LogP contribution in [0.25, 0.3) is 0 Å². The molecule has 1 aromatic heterocycles. The summed E-state index contributed by atoms with van der Waals surface area (Å²) in [7, 11) is 0. The fourth-order valence-electron chi connectivity index (χ4n) is 0.992. The number of nitrogens with zero attached hydrogens (tertiary/aromatic N) is 2. The molecule has 0 aromatic carbocycles. The summed E-state index contributed by atoms with van der Waals surface area (Å²) in [6, 6.07) is 0.891. The quantitative estimate of drug-likeness (QED) is 0.672. The minimum Gasteiger partial charge on any atom is -0.321 e. The van der Waals surface area contributed by atoms with Crippen LogP contribution in [-0.2, 0) is 0 Å². The van der Waals surface area contributed by atoms with Crippen LogP contribution in [0.1, 0.15) is 33.7 Å². The second-order valence-corrected chi connectivity index (χ2v) is 4.28. The van der Waals surface area contributed by atoms with E-state index in [0.717, 1.165) is 4.80 Å². The van der Waals surface area contributed by atoms with Crippen LogP contribution in [0.15, 0.2) is 16.6 Å². The molecule has 0 atom stereocenters. The maximum Gasteiger partial charge on any atom is 0.185 e. The zero-order valence-corrected chi connectivity index (χ0v) is 8.93. The highest BCUT2D eigenvalue weighted by Gasteiger charge is 1.99. The lowest BCUT2D eigenvalue weighted by atomic mass is 10.4. The van der Waals surface area contributed by atoms with Crippen molar-refractivity contribution in [2.24, 2.45) is 4.99 Å². The van der Waals surface area contributed by atoms with Crippen molar-refractivity contribution in [1.82, 2.24) is 4.57 Å². The molecule has 2 nitrogen and oxygen atoms in total. The maximum absolute atomic E-state index is 4.52. The molecule has 1 rings (SSSR count). The normalized spacial score (nSPS) is 13.3. The molecule has 0 radical (unpaired) electrons. The molecule has 12 heavy (non-hydrogen) atoms. The molecule has 3 heteroatoms. The zero-order valence-electron chi connectivity index (χ0n) is 8.11. The summed E-state index contributed by atoms with van der Waals surface area (Å²) in [5.74, 6) is 0. The number of aromatic nitrogens is 1. The van der Waals surface area contributed by atoms with Gasteiger partial charge in [-0.2, -0.15) is 0 Å². The van der Waals surface area contributed by atoms with E-state index in [1.807, 2.05) is 0 Å². The molecule has 0 amide bonds. The summed E-state index contributed by atoms with van der Waals surface area (Å²) < 4.78 is 2.20. The lowest BCUT2D eigenvalue weighted by Crippen LogP contribution is -2.17. The highest BCUT2D eigenvalue weighted by Crippen LogP contribution is 2.01. The zero-order chi connectivity index (χ0) is 9.14. The van der Waals surface area contributed by atoms with Crippen LogP contribution in [0.5, 0.6) is 0 Å². The summed E-state index contributed by atoms with van der Waals surface area (Å²) in [5.41, 5.74) is 0. The van der Waals surface area contributed by atoms with E-state index in [4.69, 9.17) is 0 Å². The first-order chi connectivity index (χ1) is 5.61. The number of rotatable bonds is 2. The van der Waals surface area contributed by atoms with Crippen molar-refractivity contribution in [3.8, 4) is 0 Å². The molecule has 68 valence electrons. The molecule has 0 fully saturated rings. The van der Waals surface area contributed by atoms with Gasteiger partial charge in [-0.15, -0.1) is 11.3 Å². The largest absolute Gasteiger partial charge is 0.321 e. The fourth-order valence-corrected chi connectivity index (χ4v) is 1.97. The van der Waals surface area contributed by atoms with Crippen molar-refractivity contribution < 1.29 is 0 Å². The van der Waals surface area contributed by atoms with Crippen LogP contribution < -0.4 is 4.80 Å². The average Bonchev–Trinajstić information content (AvgIpc) is 2.33. The van der Waals surface area contributed by atoms with E-state index < -0.39 is 0 Å². The van der Waals surface area contributed by atoms with Crippen molar-refractivity contribution >= 4 is 11.3 Å². The van der Waals surface area contributed by atoms with Crippen molar-refractivity contribution in [3.05, 3.63) is 16.4 Å². The number of hydrogen-bond donors (Lipinski definition) is 0. The van der Waals surface area contributed by atoms with Gasteiger partial charge in [-0.3, -0.25) is 4.99 Å². The van der Waals surface area contributed by atoms with Gasteiger partial charge in [-0.25, -0.2) is 0 Å². The predicted octanol–water partition coefficient (Wildman–Crippen LogP) is 2.44. The van der Waals surface area contributed by atoms with Gasteiger partial charge in [0.25, 0.3) is 0 Å². The molecule has 0 unspecified atom stereocenters.